The molecule has 4 rings (SSSR count). The fraction of sp³-hybridized carbons (Fsp3) is 0.217. The topological polar surface area (TPSA) is 76.9 Å². The zero-order valence-electron chi connectivity index (χ0n) is 18.3. The molecule has 0 bridgehead atoms. The van der Waals surface area contributed by atoms with Crippen LogP contribution >= 0.6 is 57.6 Å². The molecule has 0 aliphatic heterocycles. The fourth-order valence-corrected chi connectivity index (χ4v) is 6.09. The van der Waals surface area contributed by atoms with Gasteiger partial charge in [0.05, 0.1) is 26.4 Å². The van der Waals surface area contributed by atoms with Crippen LogP contribution in [0.5, 0.6) is 0 Å². The number of allylic oxidation sites excluding steroid dienone is 1. The standard InChI is InChI=1S/C23H20Cl2N4O2S3/c1-4-8-29-21(31)15-10-14(5-2)34-20(15)28-23(29)33-12(3)19(30)27-22-26-18(11-32-22)13-6-7-16(24)17(25)9-13/h4,6-7,9-12H,1,5,8H2,2-3H3,(H,26,27,30). The minimum absolute atomic E-state index is 0.123. The van der Waals surface area contributed by atoms with E-state index in [0.717, 1.165) is 16.9 Å². The summed E-state index contributed by atoms with van der Waals surface area (Å²) in [6.07, 6.45) is 2.48. The summed E-state index contributed by atoms with van der Waals surface area (Å²) in [5.41, 5.74) is 1.37. The number of halogens is 2. The fourth-order valence-electron chi connectivity index (χ4n) is 3.14. The first kappa shape index (κ1) is 24.9. The first-order valence-corrected chi connectivity index (χ1v) is 13.7. The monoisotopic (exact) mass is 550 g/mol. The SMILES string of the molecule is C=CCn1c(SC(C)C(=O)Nc2nc(-c3ccc(Cl)c(Cl)c3)cs2)nc2sc(CC)cc2c1=O. The lowest BCUT2D eigenvalue weighted by atomic mass is 10.2. The van der Waals surface area contributed by atoms with Crippen LogP contribution < -0.4 is 10.9 Å². The summed E-state index contributed by atoms with van der Waals surface area (Å²) in [4.78, 5) is 36.9. The number of anilines is 1. The van der Waals surface area contributed by atoms with Crippen LogP contribution in [0.1, 0.15) is 18.7 Å². The van der Waals surface area contributed by atoms with Crippen LogP contribution in [0.4, 0.5) is 5.13 Å². The van der Waals surface area contributed by atoms with Crippen LogP contribution in [0.15, 0.2) is 52.3 Å². The summed E-state index contributed by atoms with van der Waals surface area (Å²) in [5.74, 6) is -0.236. The van der Waals surface area contributed by atoms with E-state index in [1.165, 1.54) is 34.4 Å². The van der Waals surface area contributed by atoms with E-state index in [2.05, 4.69) is 16.9 Å². The van der Waals surface area contributed by atoms with Crippen LogP contribution in [0.3, 0.4) is 0 Å². The normalized spacial score (nSPS) is 12.1. The number of nitrogens with one attached hydrogen (secondary N) is 1. The second kappa shape index (κ2) is 10.6. The molecule has 176 valence electrons. The maximum Gasteiger partial charge on any atom is 0.263 e. The lowest BCUT2D eigenvalue weighted by Crippen LogP contribution is -2.26. The Hall–Kier alpha value is -2.17. The van der Waals surface area contributed by atoms with Crippen molar-refractivity contribution >= 4 is 78.9 Å². The van der Waals surface area contributed by atoms with Crippen molar-refractivity contribution in [2.24, 2.45) is 0 Å². The van der Waals surface area contributed by atoms with E-state index in [-0.39, 0.29) is 11.5 Å². The zero-order valence-corrected chi connectivity index (χ0v) is 22.3. The van der Waals surface area contributed by atoms with E-state index >= 15 is 0 Å². The summed E-state index contributed by atoms with van der Waals surface area (Å²) in [5, 5.41) is 6.64. The van der Waals surface area contributed by atoms with Gasteiger partial charge >= 0.3 is 0 Å². The molecule has 6 nitrogen and oxygen atoms in total. The molecule has 1 atom stereocenters. The summed E-state index contributed by atoms with van der Waals surface area (Å²) >= 11 is 16.1. The number of carbonyl (C=O) groups excluding carboxylic acids is 1. The van der Waals surface area contributed by atoms with Crippen LogP contribution in [-0.2, 0) is 17.8 Å². The van der Waals surface area contributed by atoms with E-state index in [4.69, 9.17) is 28.2 Å². The van der Waals surface area contributed by atoms with E-state index in [1.807, 2.05) is 24.4 Å². The van der Waals surface area contributed by atoms with E-state index in [1.54, 1.807) is 29.7 Å². The van der Waals surface area contributed by atoms with Crippen molar-refractivity contribution in [1.82, 2.24) is 14.5 Å². The Morgan fingerprint density at radius 2 is 2.09 bits per heavy atom. The molecular weight excluding hydrogens is 531 g/mol. The molecule has 3 heterocycles. The van der Waals surface area contributed by atoms with Crippen molar-refractivity contribution < 1.29 is 4.79 Å². The maximum atomic E-state index is 13.0. The third-order valence-electron chi connectivity index (χ3n) is 4.93. The number of rotatable bonds is 8. The lowest BCUT2D eigenvalue weighted by molar-refractivity contribution is -0.115. The number of aromatic nitrogens is 3. The highest BCUT2D eigenvalue weighted by molar-refractivity contribution is 8.00. The molecule has 0 aliphatic carbocycles. The summed E-state index contributed by atoms with van der Waals surface area (Å²) in [6, 6.07) is 7.16. The third kappa shape index (κ3) is 5.23. The van der Waals surface area contributed by atoms with Crippen molar-refractivity contribution in [3.63, 3.8) is 0 Å². The van der Waals surface area contributed by atoms with Gasteiger partial charge in [-0.2, -0.15) is 0 Å². The maximum absolute atomic E-state index is 13.0. The number of fused-ring (bicyclic) bond motifs is 1. The van der Waals surface area contributed by atoms with Crippen LogP contribution in [0.25, 0.3) is 21.5 Å². The Morgan fingerprint density at radius 3 is 2.79 bits per heavy atom. The summed E-state index contributed by atoms with van der Waals surface area (Å²) in [6.45, 7) is 7.88. The highest BCUT2D eigenvalue weighted by atomic mass is 35.5. The molecule has 0 saturated carbocycles. The second-order valence-electron chi connectivity index (χ2n) is 7.30. The Bertz CT molecular complexity index is 1440. The quantitative estimate of drug-likeness (QED) is 0.149. The first-order valence-electron chi connectivity index (χ1n) is 10.3. The number of hydrogen-bond acceptors (Lipinski definition) is 7. The number of thiophene rings is 1. The molecule has 0 saturated heterocycles. The number of carbonyl (C=O) groups is 1. The summed E-state index contributed by atoms with van der Waals surface area (Å²) < 4.78 is 1.56. The molecule has 4 aromatic rings. The Kier molecular flexibility index (Phi) is 7.79. The molecule has 0 fully saturated rings. The summed E-state index contributed by atoms with van der Waals surface area (Å²) in [7, 11) is 0. The molecule has 1 aromatic carbocycles. The first-order chi connectivity index (χ1) is 16.3. The van der Waals surface area contributed by atoms with Gasteiger partial charge in [-0.25, -0.2) is 9.97 Å². The number of thiazole rings is 1. The van der Waals surface area contributed by atoms with Crippen LogP contribution in [0.2, 0.25) is 10.0 Å². The van der Waals surface area contributed by atoms with E-state index in [0.29, 0.717) is 42.8 Å². The van der Waals surface area contributed by atoms with Crippen molar-refractivity contribution in [3.8, 4) is 11.3 Å². The molecule has 11 heteroatoms. The predicted molar refractivity (Wildman–Crippen MR) is 145 cm³/mol. The van der Waals surface area contributed by atoms with E-state index < -0.39 is 5.25 Å². The number of benzene rings is 1. The van der Waals surface area contributed by atoms with Crippen molar-refractivity contribution in [1.29, 1.82) is 0 Å². The molecule has 1 unspecified atom stereocenters. The van der Waals surface area contributed by atoms with Gasteiger partial charge in [0.25, 0.3) is 5.56 Å². The highest BCUT2D eigenvalue weighted by Crippen LogP contribution is 2.31. The van der Waals surface area contributed by atoms with Crippen molar-refractivity contribution in [2.75, 3.05) is 5.32 Å². The third-order valence-corrected chi connectivity index (χ3v) is 8.69. The molecule has 1 N–H and O–H groups in total. The highest BCUT2D eigenvalue weighted by Gasteiger charge is 2.21. The number of aryl methyl sites for hydroxylation is 1. The molecular formula is C23H20Cl2N4O2S3. The average Bonchev–Trinajstić information content (AvgIpc) is 3.45. The zero-order chi connectivity index (χ0) is 24.4. The van der Waals surface area contributed by atoms with Gasteiger partial charge in [0.2, 0.25) is 5.91 Å². The van der Waals surface area contributed by atoms with Crippen molar-refractivity contribution in [2.45, 2.75) is 37.2 Å². The van der Waals surface area contributed by atoms with Gasteiger partial charge in [0.1, 0.15) is 4.83 Å². The average molecular weight is 552 g/mol. The molecule has 0 radical (unpaired) electrons. The van der Waals surface area contributed by atoms with Gasteiger partial charge in [0, 0.05) is 22.4 Å². The molecule has 1 amide bonds. The van der Waals surface area contributed by atoms with Crippen LogP contribution in [-0.4, -0.2) is 25.7 Å². The Labute approximate surface area is 218 Å². The van der Waals surface area contributed by atoms with Gasteiger partial charge in [-0.3, -0.25) is 14.2 Å². The molecule has 0 aliphatic rings. The predicted octanol–water partition coefficient (Wildman–Crippen LogP) is 6.76. The Balaban J connectivity index is 1.53. The Morgan fingerprint density at radius 1 is 1.29 bits per heavy atom. The molecule has 0 spiro atoms. The second-order valence-corrected chi connectivity index (χ2v) is 11.4. The van der Waals surface area contributed by atoms with Crippen LogP contribution in [0, 0.1) is 0 Å². The number of hydrogen-bond donors (Lipinski definition) is 1. The van der Waals surface area contributed by atoms with Gasteiger partial charge in [-0.05, 0) is 31.5 Å². The largest absolute Gasteiger partial charge is 0.301 e. The number of thioether (sulfide) groups is 1. The number of amides is 1. The minimum atomic E-state index is -0.511. The molecule has 3 aromatic heterocycles. The van der Waals surface area contributed by atoms with Crippen molar-refractivity contribution in [3.05, 3.63) is 67.6 Å². The number of nitrogens with zero attached hydrogens (tertiary/aromatic N) is 3. The van der Waals surface area contributed by atoms with Gasteiger partial charge in [-0.1, -0.05) is 54.0 Å². The lowest BCUT2D eigenvalue weighted by Gasteiger charge is -2.14. The van der Waals surface area contributed by atoms with Gasteiger partial charge < -0.3 is 5.32 Å². The van der Waals surface area contributed by atoms with Gasteiger partial charge in [-0.15, -0.1) is 29.3 Å². The van der Waals surface area contributed by atoms with E-state index in [9.17, 15) is 9.59 Å². The minimum Gasteiger partial charge on any atom is -0.301 e. The van der Waals surface area contributed by atoms with Gasteiger partial charge in [0.15, 0.2) is 10.3 Å². The molecule has 34 heavy (non-hydrogen) atoms. The smallest absolute Gasteiger partial charge is 0.263 e.